The van der Waals surface area contributed by atoms with Crippen LogP contribution >= 0.6 is 11.3 Å². The number of nitrogens with one attached hydrogen (secondary N) is 2. The number of carbonyl (C=O) groups is 1. The van der Waals surface area contributed by atoms with E-state index in [4.69, 9.17) is 0 Å². The Bertz CT molecular complexity index is 729. The maximum Gasteiger partial charge on any atom is 0.321 e. The summed E-state index contributed by atoms with van der Waals surface area (Å²) in [5.74, 6) is 1.25. The van der Waals surface area contributed by atoms with Gasteiger partial charge in [0.1, 0.15) is 6.33 Å². The van der Waals surface area contributed by atoms with E-state index < -0.39 is 0 Å². The van der Waals surface area contributed by atoms with Crippen LogP contribution in [0, 0.1) is 11.3 Å². The van der Waals surface area contributed by atoms with Crippen molar-refractivity contribution < 1.29 is 4.79 Å². The Morgan fingerprint density at radius 1 is 1.46 bits per heavy atom. The molecule has 0 aliphatic heterocycles. The number of carbonyl (C=O) groups excluding carboxylic acids is 1. The molecule has 2 heterocycles. The lowest BCUT2D eigenvalue weighted by Crippen LogP contribution is -2.28. The summed E-state index contributed by atoms with van der Waals surface area (Å²) in [7, 11) is 1.79. The molecule has 0 spiro atoms. The minimum Gasteiger partial charge on any atom is -0.330 e. The molecule has 0 saturated heterocycles. The highest BCUT2D eigenvalue weighted by Crippen LogP contribution is 2.39. The van der Waals surface area contributed by atoms with Gasteiger partial charge >= 0.3 is 6.03 Å². The van der Waals surface area contributed by atoms with E-state index in [1.165, 1.54) is 4.88 Å². The van der Waals surface area contributed by atoms with Crippen molar-refractivity contribution >= 4 is 22.5 Å². The third-order valence-corrected chi connectivity index (χ3v) is 5.47. The van der Waals surface area contributed by atoms with Gasteiger partial charge in [0.05, 0.1) is 12.2 Å². The molecule has 0 saturated carbocycles. The number of rotatable bonds is 3. The molecule has 0 aromatic carbocycles. The topological polar surface area (TPSA) is 84.7 Å². The van der Waals surface area contributed by atoms with Gasteiger partial charge in [0.25, 0.3) is 0 Å². The molecule has 2 aromatic rings. The second kappa shape index (κ2) is 6.51. The van der Waals surface area contributed by atoms with Gasteiger partial charge in [-0.05, 0) is 30.6 Å². The molecule has 1 aliphatic rings. The van der Waals surface area contributed by atoms with Gasteiger partial charge in [-0.15, -0.1) is 11.3 Å². The summed E-state index contributed by atoms with van der Waals surface area (Å²) < 4.78 is 1.61. The molecular weight excluding hydrogens is 324 g/mol. The maximum absolute atomic E-state index is 12.0. The van der Waals surface area contributed by atoms with E-state index in [1.54, 1.807) is 29.4 Å². The zero-order valence-electron chi connectivity index (χ0n) is 14.6. The van der Waals surface area contributed by atoms with Crippen LogP contribution < -0.4 is 10.6 Å². The van der Waals surface area contributed by atoms with Crippen molar-refractivity contribution in [3.05, 3.63) is 22.7 Å². The molecule has 0 radical (unpaired) electrons. The molecule has 24 heavy (non-hydrogen) atoms. The average Bonchev–Trinajstić information content (AvgIpc) is 3.08. The second-order valence-electron chi connectivity index (χ2n) is 7.34. The number of urea groups is 1. The first-order chi connectivity index (χ1) is 11.3. The summed E-state index contributed by atoms with van der Waals surface area (Å²) in [6.45, 7) is 7.18. The minimum atomic E-state index is -0.277. The highest BCUT2D eigenvalue weighted by molar-refractivity contribution is 7.15. The standard InChI is InChI=1S/C16H24N6OS/c1-16(2,3)10-5-6-11-12(7-10)24-15(19-11)20-14(23)17-8-13-18-9-22(4)21-13/h9-10H,5-8H2,1-4H3,(H2,17,19,20,23). The van der Waals surface area contributed by atoms with Crippen LogP contribution in [0.5, 0.6) is 0 Å². The van der Waals surface area contributed by atoms with E-state index in [1.807, 2.05) is 0 Å². The van der Waals surface area contributed by atoms with Crippen molar-refractivity contribution in [2.75, 3.05) is 5.32 Å². The third-order valence-electron chi connectivity index (χ3n) is 4.44. The molecule has 0 fully saturated rings. The van der Waals surface area contributed by atoms with Crippen molar-refractivity contribution in [1.82, 2.24) is 25.1 Å². The lowest BCUT2D eigenvalue weighted by molar-refractivity contribution is 0.217. The van der Waals surface area contributed by atoms with E-state index >= 15 is 0 Å². The molecule has 2 amide bonds. The molecule has 1 unspecified atom stereocenters. The summed E-state index contributed by atoms with van der Waals surface area (Å²) in [6.07, 6.45) is 4.82. The number of hydrogen-bond acceptors (Lipinski definition) is 5. The number of amides is 2. The molecule has 2 aromatic heterocycles. The van der Waals surface area contributed by atoms with E-state index in [9.17, 15) is 4.79 Å². The zero-order valence-corrected chi connectivity index (χ0v) is 15.4. The van der Waals surface area contributed by atoms with Crippen LogP contribution in [-0.4, -0.2) is 25.8 Å². The molecule has 3 rings (SSSR count). The molecule has 1 atom stereocenters. The van der Waals surface area contributed by atoms with Crippen molar-refractivity contribution in [3.8, 4) is 0 Å². The number of aromatic nitrogens is 4. The van der Waals surface area contributed by atoms with Gasteiger partial charge in [0.15, 0.2) is 11.0 Å². The van der Waals surface area contributed by atoms with Gasteiger partial charge in [-0.1, -0.05) is 20.8 Å². The van der Waals surface area contributed by atoms with Crippen LogP contribution in [0.3, 0.4) is 0 Å². The van der Waals surface area contributed by atoms with Crippen molar-refractivity contribution in [2.45, 2.75) is 46.6 Å². The Morgan fingerprint density at radius 3 is 2.92 bits per heavy atom. The quantitative estimate of drug-likeness (QED) is 0.893. The number of thiazole rings is 1. The monoisotopic (exact) mass is 348 g/mol. The average molecular weight is 348 g/mol. The van der Waals surface area contributed by atoms with Gasteiger partial charge in [0, 0.05) is 11.9 Å². The fraction of sp³-hybridized carbons (Fsp3) is 0.625. The molecule has 130 valence electrons. The van der Waals surface area contributed by atoms with Crippen LogP contribution in [0.15, 0.2) is 6.33 Å². The Morgan fingerprint density at radius 2 is 2.25 bits per heavy atom. The van der Waals surface area contributed by atoms with Gasteiger partial charge in [-0.3, -0.25) is 10.00 Å². The number of aryl methyl sites for hydroxylation is 2. The molecule has 8 heteroatoms. The summed E-state index contributed by atoms with van der Waals surface area (Å²) in [5, 5.41) is 10.4. The van der Waals surface area contributed by atoms with Gasteiger partial charge in [0.2, 0.25) is 0 Å². The first-order valence-electron chi connectivity index (χ1n) is 8.19. The molecule has 1 aliphatic carbocycles. The van der Waals surface area contributed by atoms with Crippen LogP contribution in [0.2, 0.25) is 0 Å². The fourth-order valence-electron chi connectivity index (χ4n) is 2.93. The highest BCUT2D eigenvalue weighted by atomic mass is 32.1. The molecular formula is C16H24N6OS. The number of fused-ring (bicyclic) bond motifs is 1. The van der Waals surface area contributed by atoms with Crippen LogP contribution in [0.1, 0.15) is 43.6 Å². The van der Waals surface area contributed by atoms with Crippen molar-refractivity contribution in [3.63, 3.8) is 0 Å². The smallest absolute Gasteiger partial charge is 0.321 e. The predicted octanol–water partition coefficient (Wildman–Crippen LogP) is 2.74. The summed E-state index contributed by atoms with van der Waals surface area (Å²) in [4.78, 5) is 22.0. The Hall–Kier alpha value is -1.96. The number of nitrogens with zero attached hydrogens (tertiary/aromatic N) is 4. The molecule has 2 N–H and O–H groups in total. The molecule has 0 bridgehead atoms. The van der Waals surface area contributed by atoms with E-state index in [0.29, 0.717) is 28.8 Å². The normalized spacial score (nSPS) is 17.4. The number of hydrogen-bond donors (Lipinski definition) is 2. The first kappa shape index (κ1) is 16.9. The van der Waals surface area contributed by atoms with E-state index in [-0.39, 0.29) is 6.03 Å². The number of anilines is 1. The van der Waals surface area contributed by atoms with Gasteiger partial charge in [-0.2, -0.15) is 5.10 Å². The Balaban J connectivity index is 1.57. The van der Waals surface area contributed by atoms with Gasteiger partial charge in [-0.25, -0.2) is 14.8 Å². The zero-order chi connectivity index (χ0) is 17.3. The lowest BCUT2D eigenvalue weighted by Gasteiger charge is -2.33. The molecule has 7 nitrogen and oxygen atoms in total. The summed E-state index contributed by atoms with van der Waals surface area (Å²) in [5.41, 5.74) is 1.45. The van der Waals surface area contributed by atoms with E-state index in [0.717, 1.165) is 25.0 Å². The third kappa shape index (κ3) is 3.92. The lowest BCUT2D eigenvalue weighted by atomic mass is 9.73. The van der Waals surface area contributed by atoms with Crippen molar-refractivity contribution in [2.24, 2.45) is 18.4 Å². The second-order valence-corrected chi connectivity index (χ2v) is 8.42. The minimum absolute atomic E-state index is 0.277. The van der Waals surface area contributed by atoms with Gasteiger partial charge < -0.3 is 5.32 Å². The summed E-state index contributed by atoms with van der Waals surface area (Å²) >= 11 is 1.59. The summed E-state index contributed by atoms with van der Waals surface area (Å²) in [6, 6.07) is -0.277. The Kier molecular flexibility index (Phi) is 4.58. The van der Waals surface area contributed by atoms with E-state index in [2.05, 4.69) is 46.5 Å². The largest absolute Gasteiger partial charge is 0.330 e. The van der Waals surface area contributed by atoms with Crippen molar-refractivity contribution in [1.29, 1.82) is 0 Å². The maximum atomic E-state index is 12.0. The highest BCUT2D eigenvalue weighted by Gasteiger charge is 2.30. The van der Waals surface area contributed by atoms with Crippen LogP contribution in [-0.2, 0) is 26.4 Å². The Labute approximate surface area is 145 Å². The first-order valence-corrected chi connectivity index (χ1v) is 9.01. The SMILES string of the molecule is Cn1cnc(CNC(=O)Nc2nc3c(s2)CC(C(C)(C)C)CC3)n1. The fourth-order valence-corrected chi connectivity index (χ4v) is 4.02. The van der Waals surface area contributed by atoms with Crippen LogP contribution in [0.4, 0.5) is 9.93 Å². The van der Waals surface area contributed by atoms with Crippen LogP contribution in [0.25, 0.3) is 0 Å². The predicted molar refractivity (Wildman–Crippen MR) is 93.9 cm³/mol.